The van der Waals surface area contributed by atoms with Crippen LogP contribution in [0.3, 0.4) is 0 Å². The van der Waals surface area contributed by atoms with E-state index in [1.54, 1.807) is 0 Å². The summed E-state index contributed by atoms with van der Waals surface area (Å²) in [6.45, 7) is 0.397. The van der Waals surface area contributed by atoms with Crippen molar-refractivity contribution in [3.63, 3.8) is 0 Å². The first kappa shape index (κ1) is 13.4. The lowest BCUT2D eigenvalue weighted by molar-refractivity contribution is 0.0425. The molecule has 0 spiro atoms. The topological polar surface area (TPSA) is 39.2 Å². The minimum absolute atomic E-state index is 0.0792. The van der Waals surface area contributed by atoms with Crippen LogP contribution in [0.4, 0.5) is 0 Å². The second kappa shape index (κ2) is 6.21. The van der Waals surface area contributed by atoms with Gasteiger partial charge in [0.25, 0.3) is 0 Å². The van der Waals surface area contributed by atoms with Gasteiger partial charge in [-0.2, -0.15) is 0 Å². The van der Waals surface area contributed by atoms with Crippen molar-refractivity contribution in [1.82, 2.24) is 4.98 Å². The Bertz CT molecular complexity index is 474. The average molecular weight is 286 g/mol. The lowest BCUT2D eigenvalue weighted by atomic mass is 9.95. The first-order valence-electron chi connectivity index (χ1n) is 5.81. The highest BCUT2D eigenvalue weighted by Crippen LogP contribution is 2.21. The third kappa shape index (κ3) is 3.47. The Labute approximate surface area is 116 Å². The van der Waals surface area contributed by atoms with Gasteiger partial charge in [-0.25, -0.2) is 9.78 Å². The Morgan fingerprint density at radius 3 is 2.94 bits per heavy atom. The molecule has 0 aliphatic heterocycles. The zero-order valence-corrected chi connectivity index (χ0v) is 11.2. The van der Waals surface area contributed by atoms with E-state index in [1.165, 1.54) is 12.1 Å². The molecule has 0 saturated heterocycles. The van der Waals surface area contributed by atoms with E-state index in [2.05, 4.69) is 17.1 Å². The summed E-state index contributed by atoms with van der Waals surface area (Å²) in [5.74, 6) is -0.131. The van der Waals surface area contributed by atoms with Crippen LogP contribution in [0.25, 0.3) is 0 Å². The fourth-order valence-electron chi connectivity index (χ4n) is 1.83. The predicted molar refractivity (Wildman–Crippen MR) is 71.0 cm³/mol. The van der Waals surface area contributed by atoms with E-state index in [1.807, 2.05) is 0 Å². The maximum atomic E-state index is 11.8. The molecule has 0 radical (unpaired) electrons. The number of aromatic nitrogens is 1. The molecule has 1 unspecified atom stereocenters. The summed E-state index contributed by atoms with van der Waals surface area (Å²) in [6.07, 6.45) is 7.29. The van der Waals surface area contributed by atoms with Crippen molar-refractivity contribution in [2.75, 3.05) is 6.61 Å². The van der Waals surface area contributed by atoms with Crippen molar-refractivity contribution in [3.05, 3.63) is 40.2 Å². The fraction of sp³-hybridized carbons (Fsp3) is 0.385. The highest BCUT2D eigenvalue weighted by molar-refractivity contribution is 6.34. The molecular weight excluding hydrogens is 273 g/mol. The maximum absolute atomic E-state index is 11.8. The van der Waals surface area contributed by atoms with Crippen LogP contribution in [-0.2, 0) is 4.74 Å². The molecule has 1 aliphatic rings. The molecule has 18 heavy (non-hydrogen) atoms. The summed E-state index contributed by atoms with van der Waals surface area (Å²) in [6, 6.07) is 3.07. The van der Waals surface area contributed by atoms with Crippen molar-refractivity contribution in [2.45, 2.75) is 19.3 Å². The monoisotopic (exact) mass is 285 g/mol. The first-order chi connectivity index (χ1) is 8.66. The van der Waals surface area contributed by atoms with Crippen molar-refractivity contribution >= 4 is 29.2 Å². The van der Waals surface area contributed by atoms with Crippen molar-refractivity contribution in [3.8, 4) is 0 Å². The highest BCUT2D eigenvalue weighted by atomic mass is 35.5. The second-order valence-corrected chi connectivity index (χ2v) is 5.01. The van der Waals surface area contributed by atoms with E-state index in [-0.39, 0.29) is 15.9 Å². The lowest BCUT2D eigenvalue weighted by Gasteiger charge is -2.17. The van der Waals surface area contributed by atoms with Gasteiger partial charge in [0.15, 0.2) is 5.69 Å². The molecule has 2 rings (SSSR count). The molecule has 1 atom stereocenters. The van der Waals surface area contributed by atoms with Gasteiger partial charge in [-0.05, 0) is 37.3 Å². The third-order valence-electron chi connectivity index (χ3n) is 2.83. The summed E-state index contributed by atoms with van der Waals surface area (Å²) in [7, 11) is 0. The summed E-state index contributed by atoms with van der Waals surface area (Å²) < 4.78 is 5.22. The predicted octanol–water partition coefficient (Wildman–Crippen LogP) is 3.90. The van der Waals surface area contributed by atoms with Gasteiger partial charge in [-0.3, -0.25) is 0 Å². The molecule has 96 valence electrons. The summed E-state index contributed by atoms with van der Waals surface area (Å²) in [5.41, 5.74) is 0.0792. The van der Waals surface area contributed by atoms with Gasteiger partial charge < -0.3 is 4.74 Å². The van der Waals surface area contributed by atoms with Crippen LogP contribution in [0.5, 0.6) is 0 Å². The number of esters is 1. The molecular formula is C13H13Cl2NO2. The Balaban J connectivity index is 1.95. The number of rotatable bonds is 3. The molecule has 1 aromatic rings. The normalized spacial score (nSPS) is 18.7. The van der Waals surface area contributed by atoms with Gasteiger partial charge in [0.1, 0.15) is 5.15 Å². The van der Waals surface area contributed by atoms with E-state index < -0.39 is 5.97 Å². The minimum atomic E-state index is -0.517. The smallest absolute Gasteiger partial charge is 0.358 e. The zero-order chi connectivity index (χ0) is 13.0. The Morgan fingerprint density at radius 1 is 1.39 bits per heavy atom. The van der Waals surface area contributed by atoms with Crippen LogP contribution in [0, 0.1) is 5.92 Å². The number of pyridine rings is 1. The Kier molecular flexibility index (Phi) is 4.61. The van der Waals surface area contributed by atoms with Crippen molar-refractivity contribution in [1.29, 1.82) is 0 Å². The molecule has 1 aliphatic carbocycles. The standard InChI is InChI=1S/C13H13Cl2NO2/c14-10-6-7-11(15)16-12(10)13(17)18-8-9-4-2-1-3-5-9/h1-2,6-7,9H,3-5,8H2. The van der Waals surface area contributed by atoms with E-state index in [0.29, 0.717) is 12.5 Å². The van der Waals surface area contributed by atoms with E-state index >= 15 is 0 Å². The van der Waals surface area contributed by atoms with Crippen LogP contribution in [-0.4, -0.2) is 17.6 Å². The number of allylic oxidation sites excluding steroid dienone is 2. The molecule has 0 bridgehead atoms. The largest absolute Gasteiger partial charge is 0.461 e. The molecule has 0 N–H and O–H groups in total. The number of halogens is 2. The van der Waals surface area contributed by atoms with Crippen LogP contribution in [0.1, 0.15) is 29.8 Å². The van der Waals surface area contributed by atoms with Crippen LogP contribution >= 0.6 is 23.2 Å². The number of carbonyl (C=O) groups excluding carboxylic acids is 1. The average Bonchev–Trinajstić information content (AvgIpc) is 2.40. The zero-order valence-electron chi connectivity index (χ0n) is 9.73. The fourth-order valence-corrected chi connectivity index (χ4v) is 2.16. The Morgan fingerprint density at radius 2 is 2.22 bits per heavy atom. The van der Waals surface area contributed by atoms with Crippen molar-refractivity contribution in [2.24, 2.45) is 5.92 Å². The maximum Gasteiger partial charge on any atom is 0.358 e. The van der Waals surface area contributed by atoms with E-state index in [4.69, 9.17) is 27.9 Å². The minimum Gasteiger partial charge on any atom is -0.461 e. The van der Waals surface area contributed by atoms with Gasteiger partial charge in [0.2, 0.25) is 0 Å². The lowest BCUT2D eigenvalue weighted by Crippen LogP contribution is -2.16. The molecule has 5 heteroatoms. The molecule has 0 fully saturated rings. The molecule has 3 nitrogen and oxygen atoms in total. The van der Waals surface area contributed by atoms with Crippen LogP contribution in [0.15, 0.2) is 24.3 Å². The number of nitrogens with zero attached hydrogens (tertiary/aromatic N) is 1. The number of hydrogen-bond donors (Lipinski definition) is 0. The molecule has 1 aromatic heterocycles. The SMILES string of the molecule is O=C(OCC1CC=CCC1)c1nc(Cl)ccc1Cl. The van der Waals surface area contributed by atoms with Gasteiger partial charge in [-0.1, -0.05) is 35.4 Å². The number of carbonyl (C=O) groups is 1. The van der Waals surface area contributed by atoms with Gasteiger partial charge in [0, 0.05) is 0 Å². The Hall–Kier alpha value is -1.06. The number of hydrogen-bond acceptors (Lipinski definition) is 3. The third-order valence-corrected chi connectivity index (χ3v) is 3.35. The van der Waals surface area contributed by atoms with Gasteiger partial charge >= 0.3 is 5.97 Å². The van der Waals surface area contributed by atoms with Crippen LogP contribution in [0.2, 0.25) is 10.2 Å². The van der Waals surface area contributed by atoms with Gasteiger partial charge in [-0.15, -0.1) is 0 Å². The molecule has 0 saturated carbocycles. The quantitative estimate of drug-likeness (QED) is 0.480. The van der Waals surface area contributed by atoms with E-state index in [9.17, 15) is 4.79 Å². The molecule has 1 heterocycles. The van der Waals surface area contributed by atoms with Crippen LogP contribution < -0.4 is 0 Å². The van der Waals surface area contributed by atoms with E-state index in [0.717, 1.165) is 19.3 Å². The first-order valence-corrected chi connectivity index (χ1v) is 6.56. The van der Waals surface area contributed by atoms with Gasteiger partial charge in [0.05, 0.1) is 11.6 Å². The van der Waals surface area contributed by atoms with Crippen molar-refractivity contribution < 1.29 is 9.53 Å². The second-order valence-electron chi connectivity index (χ2n) is 4.21. The summed E-state index contributed by atoms with van der Waals surface area (Å²) >= 11 is 11.6. The summed E-state index contributed by atoms with van der Waals surface area (Å²) in [4.78, 5) is 15.7. The summed E-state index contributed by atoms with van der Waals surface area (Å²) in [5, 5.41) is 0.486. The molecule has 0 aromatic carbocycles. The highest BCUT2D eigenvalue weighted by Gasteiger charge is 2.17. The number of ether oxygens (including phenoxy) is 1. The molecule has 0 amide bonds.